The molecular weight excluding hydrogens is 508 g/mol. The van der Waals surface area contributed by atoms with Crippen LogP contribution in [0.5, 0.6) is 11.5 Å². The van der Waals surface area contributed by atoms with Gasteiger partial charge in [0.2, 0.25) is 11.8 Å². The first kappa shape index (κ1) is 26.6. The van der Waals surface area contributed by atoms with Crippen LogP contribution in [0.25, 0.3) is 0 Å². The van der Waals surface area contributed by atoms with E-state index in [0.29, 0.717) is 29.5 Å². The Morgan fingerprint density at radius 2 is 1.84 bits per heavy atom. The van der Waals surface area contributed by atoms with Crippen LogP contribution in [0.2, 0.25) is 0 Å². The molecule has 9 nitrogen and oxygen atoms in total. The monoisotopic (exact) mass is 533 g/mol. The number of hydrogen-bond acceptors (Lipinski definition) is 8. The highest BCUT2D eigenvalue weighted by molar-refractivity contribution is 8.15. The fraction of sp³-hybridized carbons (Fsp3) is 0.360. The second-order valence-corrected chi connectivity index (χ2v) is 9.81. The van der Waals surface area contributed by atoms with Crippen molar-refractivity contribution in [1.29, 1.82) is 0 Å². The van der Waals surface area contributed by atoms with E-state index in [1.807, 2.05) is 0 Å². The van der Waals surface area contributed by atoms with Gasteiger partial charge in [0.25, 0.3) is 5.24 Å². The SMILES string of the molecule is COC(=O)C(Cc1ccc(Oc2cc(F)c(CC3SC(=O)NC3=O)c(F)c2)cc1)NC(=O)C1CCCN1. The van der Waals surface area contributed by atoms with E-state index in [1.165, 1.54) is 7.11 Å². The number of nitrogens with one attached hydrogen (secondary N) is 3. The number of methoxy groups -OCH3 is 1. The second kappa shape index (κ2) is 11.7. The Labute approximate surface area is 215 Å². The molecule has 2 saturated heterocycles. The zero-order valence-corrected chi connectivity index (χ0v) is 20.7. The summed E-state index contributed by atoms with van der Waals surface area (Å²) in [7, 11) is 1.25. The van der Waals surface area contributed by atoms with E-state index in [0.717, 1.165) is 25.1 Å². The Morgan fingerprint density at radius 1 is 1.14 bits per heavy atom. The third kappa shape index (κ3) is 6.63. The number of rotatable bonds is 9. The highest BCUT2D eigenvalue weighted by Gasteiger charge is 2.33. The third-order valence-electron chi connectivity index (χ3n) is 6.05. The molecule has 0 aliphatic carbocycles. The first-order valence-electron chi connectivity index (χ1n) is 11.6. The molecule has 3 amide bonds. The fourth-order valence-corrected chi connectivity index (χ4v) is 4.96. The third-order valence-corrected chi connectivity index (χ3v) is 7.03. The van der Waals surface area contributed by atoms with Crippen LogP contribution < -0.4 is 20.7 Å². The summed E-state index contributed by atoms with van der Waals surface area (Å²) in [5.41, 5.74) is 0.394. The van der Waals surface area contributed by atoms with E-state index >= 15 is 0 Å². The minimum atomic E-state index is -0.899. The summed E-state index contributed by atoms with van der Waals surface area (Å²) >= 11 is 0.691. The molecule has 0 aromatic heterocycles. The standard InChI is InChI=1S/C25H25F2N3O6S/c1-35-24(33)20(29-22(31)19-3-2-8-28-19)9-13-4-6-14(7-5-13)36-15-10-17(26)16(18(27)11-15)12-21-23(32)30-25(34)37-21/h4-7,10-11,19-21,28H,2-3,8-9,12H2,1H3,(H,29,31)(H,30,32,34). The minimum absolute atomic E-state index is 0.0881. The molecular formula is C25H25F2N3O6S. The van der Waals surface area contributed by atoms with Crippen molar-refractivity contribution in [3.63, 3.8) is 0 Å². The lowest BCUT2D eigenvalue weighted by Gasteiger charge is -2.19. The van der Waals surface area contributed by atoms with Crippen LogP contribution in [0.15, 0.2) is 36.4 Å². The van der Waals surface area contributed by atoms with E-state index in [2.05, 4.69) is 16.0 Å². The number of imide groups is 1. The van der Waals surface area contributed by atoms with Crippen molar-refractivity contribution in [2.45, 2.75) is 43.0 Å². The summed E-state index contributed by atoms with van der Waals surface area (Å²) in [6, 6.07) is 7.26. The van der Waals surface area contributed by atoms with Gasteiger partial charge in [-0.05, 0) is 43.5 Å². The van der Waals surface area contributed by atoms with Crippen molar-refractivity contribution >= 4 is 34.8 Å². The van der Waals surface area contributed by atoms with Crippen LogP contribution in [-0.4, -0.2) is 54.0 Å². The molecule has 0 saturated carbocycles. The van der Waals surface area contributed by atoms with Gasteiger partial charge in [-0.1, -0.05) is 23.9 Å². The molecule has 3 unspecified atom stereocenters. The maximum Gasteiger partial charge on any atom is 0.328 e. The number of amides is 3. The fourth-order valence-electron chi connectivity index (χ4n) is 4.13. The quantitative estimate of drug-likeness (QED) is 0.421. The van der Waals surface area contributed by atoms with Crippen LogP contribution in [0.1, 0.15) is 24.0 Å². The average molecular weight is 534 g/mol. The number of halogens is 2. The predicted octanol–water partition coefficient (Wildman–Crippen LogP) is 2.60. The molecule has 3 atom stereocenters. The lowest BCUT2D eigenvalue weighted by Crippen LogP contribution is -2.49. The highest BCUT2D eigenvalue weighted by atomic mass is 32.2. The lowest BCUT2D eigenvalue weighted by atomic mass is 10.0. The molecule has 12 heteroatoms. The van der Waals surface area contributed by atoms with Gasteiger partial charge >= 0.3 is 5.97 Å². The molecule has 4 rings (SSSR count). The van der Waals surface area contributed by atoms with Crippen LogP contribution in [0.3, 0.4) is 0 Å². The van der Waals surface area contributed by atoms with Gasteiger partial charge in [-0.2, -0.15) is 0 Å². The van der Waals surface area contributed by atoms with E-state index in [1.54, 1.807) is 24.3 Å². The second-order valence-electron chi connectivity index (χ2n) is 8.64. The van der Waals surface area contributed by atoms with Crippen molar-refractivity contribution in [1.82, 2.24) is 16.0 Å². The largest absolute Gasteiger partial charge is 0.467 e. The van der Waals surface area contributed by atoms with E-state index in [-0.39, 0.29) is 36.1 Å². The first-order valence-corrected chi connectivity index (χ1v) is 12.5. The average Bonchev–Trinajstić information content (AvgIpc) is 3.51. The van der Waals surface area contributed by atoms with Crippen molar-refractivity contribution in [2.75, 3.05) is 13.7 Å². The summed E-state index contributed by atoms with van der Waals surface area (Å²) < 4.78 is 39.6. The van der Waals surface area contributed by atoms with E-state index in [4.69, 9.17) is 9.47 Å². The number of hydrogen-bond donors (Lipinski definition) is 3. The van der Waals surface area contributed by atoms with E-state index < -0.39 is 40.0 Å². The normalized spacial score (nSPS) is 19.9. The topological polar surface area (TPSA) is 123 Å². The molecule has 196 valence electrons. The van der Waals surface area contributed by atoms with Crippen LogP contribution in [0, 0.1) is 11.6 Å². The van der Waals surface area contributed by atoms with Gasteiger partial charge in [0.15, 0.2) is 0 Å². The maximum atomic E-state index is 14.6. The molecule has 2 aliphatic heterocycles. The van der Waals surface area contributed by atoms with Gasteiger partial charge in [-0.15, -0.1) is 0 Å². The number of benzene rings is 2. The Hall–Kier alpha value is -3.51. The van der Waals surface area contributed by atoms with Gasteiger partial charge in [-0.25, -0.2) is 13.6 Å². The minimum Gasteiger partial charge on any atom is -0.467 e. The summed E-state index contributed by atoms with van der Waals surface area (Å²) in [4.78, 5) is 47.7. The highest BCUT2D eigenvalue weighted by Crippen LogP contribution is 2.30. The number of esters is 1. The van der Waals surface area contributed by atoms with Gasteiger partial charge in [0.05, 0.1) is 18.4 Å². The zero-order valence-electron chi connectivity index (χ0n) is 19.8. The number of ether oxygens (including phenoxy) is 2. The van der Waals surface area contributed by atoms with Gasteiger partial charge < -0.3 is 20.1 Å². The lowest BCUT2D eigenvalue weighted by molar-refractivity contribution is -0.145. The summed E-state index contributed by atoms with van der Waals surface area (Å²) in [6.45, 7) is 0.747. The molecule has 2 aromatic rings. The predicted molar refractivity (Wildman–Crippen MR) is 130 cm³/mol. The van der Waals surface area contributed by atoms with Gasteiger partial charge in [-0.3, -0.25) is 19.7 Å². The molecule has 0 bridgehead atoms. The van der Waals surface area contributed by atoms with E-state index in [9.17, 15) is 28.0 Å². The smallest absolute Gasteiger partial charge is 0.328 e. The Morgan fingerprint density at radius 3 is 2.41 bits per heavy atom. The van der Waals surface area contributed by atoms with Crippen molar-refractivity contribution in [3.8, 4) is 11.5 Å². The zero-order chi connectivity index (χ0) is 26.5. The summed E-state index contributed by atoms with van der Waals surface area (Å²) in [6.07, 6.45) is 1.49. The van der Waals surface area contributed by atoms with Crippen molar-refractivity contribution in [3.05, 3.63) is 59.2 Å². The molecule has 0 radical (unpaired) electrons. The molecule has 2 aromatic carbocycles. The van der Waals surface area contributed by atoms with Gasteiger partial charge in [0.1, 0.15) is 29.2 Å². The Balaban J connectivity index is 1.39. The van der Waals surface area contributed by atoms with Crippen LogP contribution in [-0.2, 0) is 32.0 Å². The summed E-state index contributed by atoms with van der Waals surface area (Å²) in [5.74, 6) is -3.01. The molecule has 37 heavy (non-hydrogen) atoms. The van der Waals surface area contributed by atoms with Gasteiger partial charge in [0, 0.05) is 24.1 Å². The van der Waals surface area contributed by atoms with Crippen molar-refractivity contribution < 1.29 is 37.4 Å². The van der Waals surface area contributed by atoms with Crippen molar-refractivity contribution in [2.24, 2.45) is 0 Å². The summed E-state index contributed by atoms with van der Waals surface area (Å²) in [5, 5.41) is 6.44. The molecule has 0 spiro atoms. The number of carbonyl (C=O) groups excluding carboxylic acids is 4. The molecule has 2 fully saturated rings. The van der Waals surface area contributed by atoms with Crippen LogP contribution in [0.4, 0.5) is 13.6 Å². The molecule has 3 N–H and O–H groups in total. The Bertz CT molecular complexity index is 1180. The Kier molecular flexibility index (Phi) is 8.39. The number of thioether (sulfide) groups is 1. The first-order chi connectivity index (χ1) is 17.7. The molecule has 2 heterocycles. The number of carbonyl (C=O) groups is 4. The maximum absolute atomic E-state index is 14.6. The van der Waals surface area contributed by atoms with Crippen LogP contribution >= 0.6 is 11.8 Å². The molecule has 2 aliphatic rings.